The van der Waals surface area contributed by atoms with E-state index in [0.29, 0.717) is 10.0 Å². The van der Waals surface area contributed by atoms with Gasteiger partial charge in [0.15, 0.2) is 0 Å². The Morgan fingerprint density at radius 1 is 1.41 bits per heavy atom. The fourth-order valence-corrected chi connectivity index (χ4v) is 2.77. The SMILES string of the molecule is O=C1NC(=O)/C(=C\c2cc(Br)cc(Cl)c2O)S1. The first kappa shape index (κ1) is 12.5. The van der Waals surface area contributed by atoms with Gasteiger partial charge in [-0.2, -0.15) is 0 Å². The summed E-state index contributed by atoms with van der Waals surface area (Å²) >= 11 is 9.79. The molecule has 1 aliphatic rings. The highest BCUT2D eigenvalue weighted by Crippen LogP contribution is 2.35. The monoisotopic (exact) mass is 333 g/mol. The van der Waals surface area contributed by atoms with Crippen LogP contribution in [0, 0.1) is 0 Å². The number of nitrogens with one attached hydrogen (secondary N) is 1. The van der Waals surface area contributed by atoms with E-state index in [1.165, 1.54) is 12.1 Å². The Hall–Kier alpha value is -0.980. The summed E-state index contributed by atoms with van der Waals surface area (Å²) in [6.45, 7) is 0. The topological polar surface area (TPSA) is 66.4 Å². The second-order valence-electron chi connectivity index (χ2n) is 3.18. The maximum absolute atomic E-state index is 11.3. The molecular formula is C10H5BrClNO3S. The predicted octanol–water partition coefficient (Wildman–Crippen LogP) is 3.13. The number of carbonyl (C=O) groups is 2. The van der Waals surface area contributed by atoms with Crippen molar-refractivity contribution in [3.8, 4) is 5.75 Å². The van der Waals surface area contributed by atoms with Crippen molar-refractivity contribution in [2.75, 3.05) is 0 Å². The van der Waals surface area contributed by atoms with Crippen LogP contribution in [0.5, 0.6) is 5.75 Å². The first-order chi connectivity index (χ1) is 7.97. The van der Waals surface area contributed by atoms with Crippen LogP contribution in [0.3, 0.4) is 0 Å². The van der Waals surface area contributed by atoms with Crippen molar-refractivity contribution >= 4 is 56.5 Å². The van der Waals surface area contributed by atoms with E-state index in [4.69, 9.17) is 11.6 Å². The zero-order valence-corrected chi connectivity index (χ0v) is 11.3. The molecule has 1 saturated heterocycles. The van der Waals surface area contributed by atoms with Gasteiger partial charge in [-0.05, 0) is 30.0 Å². The van der Waals surface area contributed by atoms with E-state index in [9.17, 15) is 14.7 Å². The lowest BCUT2D eigenvalue weighted by Crippen LogP contribution is -2.17. The molecule has 2 amide bonds. The molecule has 0 aliphatic carbocycles. The minimum atomic E-state index is -0.476. The molecular weight excluding hydrogens is 330 g/mol. The molecule has 0 aromatic heterocycles. The van der Waals surface area contributed by atoms with Gasteiger partial charge in [-0.1, -0.05) is 27.5 Å². The maximum Gasteiger partial charge on any atom is 0.290 e. The van der Waals surface area contributed by atoms with Gasteiger partial charge in [0.05, 0.1) is 9.93 Å². The summed E-state index contributed by atoms with van der Waals surface area (Å²) in [5.74, 6) is -0.606. The van der Waals surface area contributed by atoms with Crippen LogP contribution in [-0.4, -0.2) is 16.3 Å². The van der Waals surface area contributed by atoms with Gasteiger partial charge >= 0.3 is 0 Å². The Balaban J connectivity index is 2.46. The third kappa shape index (κ3) is 2.65. The molecule has 2 rings (SSSR count). The number of benzene rings is 1. The van der Waals surface area contributed by atoms with Crippen molar-refractivity contribution in [2.24, 2.45) is 0 Å². The highest BCUT2D eigenvalue weighted by molar-refractivity contribution is 9.10. The van der Waals surface area contributed by atoms with Crippen molar-refractivity contribution in [3.05, 3.63) is 32.1 Å². The van der Waals surface area contributed by atoms with E-state index in [0.717, 1.165) is 11.8 Å². The molecule has 0 unspecified atom stereocenters. The maximum atomic E-state index is 11.3. The van der Waals surface area contributed by atoms with Gasteiger partial charge in [0.25, 0.3) is 11.1 Å². The van der Waals surface area contributed by atoms with Gasteiger partial charge in [-0.3, -0.25) is 14.9 Å². The van der Waals surface area contributed by atoms with Gasteiger partial charge in [0, 0.05) is 10.0 Å². The van der Waals surface area contributed by atoms with Crippen LogP contribution in [0.2, 0.25) is 5.02 Å². The second kappa shape index (κ2) is 4.72. The van der Waals surface area contributed by atoms with Crippen LogP contribution in [-0.2, 0) is 4.79 Å². The van der Waals surface area contributed by atoms with Crippen LogP contribution in [0.25, 0.3) is 6.08 Å². The quantitative estimate of drug-likeness (QED) is 0.774. The van der Waals surface area contributed by atoms with Crippen molar-refractivity contribution in [3.63, 3.8) is 0 Å². The molecule has 4 nitrogen and oxygen atoms in total. The molecule has 0 spiro atoms. The molecule has 17 heavy (non-hydrogen) atoms. The highest BCUT2D eigenvalue weighted by Gasteiger charge is 2.25. The number of aromatic hydroxyl groups is 1. The van der Waals surface area contributed by atoms with Gasteiger partial charge in [-0.25, -0.2) is 0 Å². The third-order valence-electron chi connectivity index (χ3n) is 1.99. The molecule has 7 heteroatoms. The molecule has 1 aromatic carbocycles. The van der Waals surface area contributed by atoms with Crippen molar-refractivity contribution in [1.82, 2.24) is 5.32 Å². The largest absolute Gasteiger partial charge is 0.506 e. The smallest absolute Gasteiger partial charge is 0.290 e. The lowest BCUT2D eigenvalue weighted by molar-refractivity contribution is -0.115. The lowest BCUT2D eigenvalue weighted by atomic mass is 10.2. The minimum absolute atomic E-state index is 0.130. The summed E-state index contributed by atoms with van der Waals surface area (Å²) in [4.78, 5) is 22.5. The predicted molar refractivity (Wildman–Crippen MR) is 69.9 cm³/mol. The zero-order chi connectivity index (χ0) is 12.6. The standard InChI is InChI=1S/C10H5BrClNO3S/c11-5-1-4(8(14)6(12)3-5)2-7-9(15)13-10(16)17-7/h1-3,14H,(H,13,15,16)/b7-2+. The van der Waals surface area contributed by atoms with Gasteiger partial charge in [0.2, 0.25) is 0 Å². The van der Waals surface area contributed by atoms with Crippen LogP contribution in [0.1, 0.15) is 5.56 Å². The number of hydrogen-bond donors (Lipinski definition) is 2. The molecule has 0 bridgehead atoms. The molecule has 1 aliphatic heterocycles. The fourth-order valence-electron chi connectivity index (χ4n) is 1.26. The summed E-state index contributed by atoms with van der Waals surface area (Å²) in [5, 5.41) is 11.6. The third-order valence-corrected chi connectivity index (χ3v) is 3.54. The summed E-state index contributed by atoms with van der Waals surface area (Å²) in [5.41, 5.74) is 0.372. The first-order valence-electron chi connectivity index (χ1n) is 4.40. The summed E-state index contributed by atoms with van der Waals surface area (Å²) in [7, 11) is 0. The first-order valence-corrected chi connectivity index (χ1v) is 6.39. The molecule has 1 fully saturated rings. The number of halogens is 2. The van der Waals surface area contributed by atoms with E-state index in [2.05, 4.69) is 21.2 Å². The van der Waals surface area contributed by atoms with Crippen molar-refractivity contribution < 1.29 is 14.7 Å². The van der Waals surface area contributed by atoms with Crippen molar-refractivity contribution in [2.45, 2.75) is 0 Å². The Morgan fingerprint density at radius 2 is 2.12 bits per heavy atom. The van der Waals surface area contributed by atoms with E-state index in [-0.39, 0.29) is 15.7 Å². The average molecular weight is 335 g/mol. The molecule has 1 heterocycles. The Bertz CT molecular complexity index is 559. The molecule has 0 atom stereocenters. The highest BCUT2D eigenvalue weighted by atomic mass is 79.9. The van der Waals surface area contributed by atoms with E-state index in [1.807, 2.05) is 0 Å². The number of rotatable bonds is 1. The zero-order valence-electron chi connectivity index (χ0n) is 8.16. The van der Waals surface area contributed by atoms with Gasteiger partial charge < -0.3 is 5.11 Å². The fraction of sp³-hybridized carbons (Fsp3) is 0. The average Bonchev–Trinajstić information content (AvgIpc) is 2.53. The molecule has 88 valence electrons. The summed E-state index contributed by atoms with van der Waals surface area (Å²) in [6.07, 6.45) is 1.41. The lowest BCUT2D eigenvalue weighted by Gasteiger charge is -2.03. The molecule has 2 N–H and O–H groups in total. The van der Waals surface area contributed by atoms with E-state index < -0.39 is 11.1 Å². The normalized spacial score (nSPS) is 17.6. The number of imide groups is 1. The molecule has 0 saturated carbocycles. The van der Waals surface area contributed by atoms with Crippen LogP contribution < -0.4 is 5.32 Å². The summed E-state index contributed by atoms with van der Waals surface area (Å²) in [6, 6.07) is 3.14. The number of thioether (sulfide) groups is 1. The van der Waals surface area contributed by atoms with Crippen molar-refractivity contribution in [1.29, 1.82) is 0 Å². The second-order valence-corrected chi connectivity index (χ2v) is 5.52. The summed E-state index contributed by atoms with van der Waals surface area (Å²) < 4.78 is 0.668. The number of amides is 2. The van der Waals surface area contributed by atoms with Gasteiger partial charge in [-0.15, -0.1) is 0 Å². The van der Waals surface area contributed by atoms with E-state index in [1.54, 1.807) is 6.07 Å². The number of hydrogen-bond acceptors (Lipinski definition) is 4. The van der Waals surface area contributed by atoms with Gasteiger partial charge in [0.1, 0.15) is 5.75 Å². The number of phenolic OH excluding ortho intramolecular Hbond substituents is 1. The number of carbonyl (C=O) groups excluding carboxylic acids is 2. The van der Waals surface area contributed by atoms with Crippen LogP contribution >= 0.6 is 39.3 Å². The Morgan fingerprint density at radius 3 is 2.71 bits per heavy atom. The number of phenols is 1. The van der Waals surface area contributed by atoms with Crippen LogP contribution in [0.4, 0.5) is 4.79 Å². The minimum Gasteiger partial charge on any atom is -0.506 e. The van der Waals surface area contributed by atoms with E-state index >= 15 is 0 Å². The molecule has 0 radical (unpaired) electrons. The Kier molecular flexibility index (Phi) is 3.46. The van der Waals surface area contributed by atoms with Crippen LogP contribution in [0.15, 0.2) is 21.5 Å². The molecule has 1 aromatic rings. The Labute approximate surface area is 114 Å².